The Morgan fingerprint density at radius 2 is 2.29 bits per heavy atom. The molecule has 0 fully saturated rings. The van der Waals surface area contributed by atoms with Gasteiger partial charge in [-0.3, -0.25) is 0 Å². The van der Waals surface area contributed by atoms with E-state index in [4.69, 9.17) is 18.0 Å². The van der Waals surface area contributed by atoms with Gasteiger partial charge in [0.25, 0.3) is 10.0 Å². The third-order valence-electron chi connectivity index (χ3n) is 2.35. The minimum atomic E-state index is -3.49. The minimum absolute atomic E-state index is 0.243. The van der Waals surface area contributed by atoms with E-state index in [1.54, 1.807) is 13.8 Å². The number of aromatic nitrogens is 1. The minimum Gasteiger partial charge on any atom is -0.393 e. The van der Waals surface area contributed by atoms with Crippen molar-refractivity contribution in [3.63, 3.8) is 0 Å². The summed E-state index contributed by atoms with van der Waals surface area (Å²) >= 11 is 5.94. The van der Waals surface area contributed by atoms with E-state index in [9.17, 15) is 8.42 Å². The molecule has 0 bridgehead atoms. The first-order valence-electron chi connectivity index (χ1n) is 4.94. The molecule has 0 spiro atoms. The van der Waals surface area contributed by atoms with Gasteiger partial charge in [-0.2, -0.15) is 4.31 Å². The van der Waals surface area contributed by atoms with E-state index in [-0.39, 0.29) is 10.3 Å². The second kappa shape index (κ2) is 5.38. The summed E-state index contributed by atoms with van der Waals surface area (Å²) < 4.78 is 25.9. The predicted octanol–water partition coefficient (Wildman–Crippen LogP) is 1.14. The van der Waals surface area contributed by atoms with Crippen LogP contribution in [0.4, 0.5) is 0 Å². The quantitative estimate of drug-likeness (QED) is 0.824. The van der Waals surface area contributed by atoms with Crippen molar-refractivity contribution < 1.29 is 8.42 Å². The molecule has 17 heavy (non-hydrogen) atoms. The molecule has 0 saturated heterocycles. The van der Waals surface area contributed by atoms with Crippen LogP contribution < -0.4 is 5.73 Å². The Bertz CT molecular complexity index is 509. The van der Waals surface area contributed by atoms with E-state index in [1.807, 2.05) is 0 Å². The van der Waals surface area contributed by atoms with Crippen molar-refractivity contribution in [3.8, 4) is 0 Å². The average Bonchev–Trinajstić information content (AvgIpc) is 2.63. The molecule has 0 radical (unpaired) electrons. The van der Waals surface area contributed by atoms with Crippen molar-refractivity contribution in [1.29, 1.82) is 0 Å². The van der Waals surface area contributed by atoms with Crippen LogP contribution in [0.2, 0.25) is 0 Å². The summed E-state index contributed by atoms with van der Waals surface area (Å²) in [5.74, 6) is 0. The predicted molar refractivity (Wildman–Crippen MR) is 72.7 cm³/mol. The molecule has 0 saturated carbocycles. The lowest BCUT2D eigenvalue weighted by molar-refractivity contribution is 0.398. The van der Waals surface area contributed by atoms with E-state index in [1.165, 1.54) is 17.5 Å². The van der Waals surface area contributed by atoms with Crippen LogP contribution in [0.15, 0.2) is 10.4 Å². The largest absolute Gasteiger partial charge is 0.393 e. The highest BCUT2D eigenvalue weighted by atomic mass is 32.2. The lowest BCUT2D eigenvalue weighted by atomic mass is 10.2. The summed E-state index contributed by atoms with van der Waals surface area (Å²) in [5, 5.41) is 0.721. The Labute approximate surface area is 111 Å². The van der Waals surface area contributed by atoms with Gasteiger partial charge in [-0.15, -0.1) is 11.3 Å². The molecular weight excluding hydrogens is 278 g/mol. The Morgan fingerprint density at radius 1 is 1.71 bits per heavy atom. The third-order valence-corrected chi connectivity index (χ3v) is 5.84. The zero-order chi connectivity index (χ0) is 13.2. The molecule has 0 aliphatic heterocycles. The Hall–Kier alpha value is -0.570. The van der Waals surface area contributed by atoms with Crippen LogP contribution >= 0.6 is 23.6 Å². The SMILES string of the molecule is Cc1ncc(S(=O)(=O)N(C)C(C)CC(N)=S)s1. The summed E-state index contributed by atoms with van der Waals surface area (Å²) in [5.41, 5.74) is 5.42. The smallest absolute Gasteiger partial charge is 0.254 e. The molecule has 1 unspecified atom stereocenters. The van der Waals surface area contributed by atoms with Crippen molar-refractivity contribution >= 4 is 38.6 Å². The van der Waals surface area contributed by atoms with Crippen LogP contribution in [0.3, 0.4) is 0 Å². The van der Waals surface area contributed by atoms with Gasteiger partial charge in [0.2, 0.25) is 0 Å². The van der Waals surface area contributed by atoms with Gasteiger partial charge < -0.3 is 5.73 Å². The van der Waals surface area contributed by atoms with E-state index in [0.717, 1.165) is 16.3 Å². The van der Waals surface area contributed by atoms with Crippen molar-refractivity contribution in [1.82, 2.24) is 9.29 Å². The van der Waals surface area contributed by atoms with Gasteiger partial charge in [0, 0.05) is 19.5 Å². The molecule has 0 aliphatic rings. The van der Waals surface area contributed by atoms with Crippen LogP contribution in [0, 0.1) is 6.92 Å². The highest BCUT2D eigenvalue weighted by molar-refractivity contribution is 7.91. The van der Waals surface area contributed by atoms with Crippen LogP contribution in [0.25, 0.3) is 0 Å². The topological polar surface area (TPSA) is 76.3 Å². The second-order valence-electron chi connectivity index (χ2n) is 3.74. The van der Waals surface area contributed by atoms with Crippen LogP contribution in [-0.4, -0.2) is 35.8 Å². The molecule has 1 aromatic heterocycles. The fraction of sp³-hybridized carbons (Fsp3) is 0.556. The average molecular weight is 293 g/mol. The lowest BCUT2D eigenvalue weighted by Gasteiger charge is -2.22. The number of thiazole rings is 1. The lowest BCUT2D eigenvalue weighted by Crippen LogP contribution is -2.37. The van der Waals surface area contributed by atoms with Gasteiger partial charge >= 0.3 is 0 Å². The summed E-state index contributed by atoms with van der Waals surface area (Å²) in [6.45, 7) is 3.53. The van der Waals surface area contributed by atoms with Crippen molar-refractivity contribution in [2.45, 2.75) is 30.5 Å². The standard InChI is InChI=1S/C9H15N3O2S3/c1-6(4-8(10)15)12(3)17(13,14)9-5-11-7(2)16-9/h5-6H,4H2,1-3H3,(H2,10,15). The van der Waals surface area contributed by atoms with E-state index in [0.29, 0.717) is 11.4 Å². The summed E-state index contributed by atoms with van der Waals surface area (Å²) in [6.07, 6.45) is 1.74. The van der Waals surface area contributed by atoms with Gasteiger partial charge in [0.15, 0.2) is 4.21 Å². The van der Waals surface area contributed by atoms with E-state index < -0.39 is 10.0 Å². The molecule has 0 aromatic carbocycles. The molecule has 96 valence electrons. The van der Waals surface area contributed by atoms with Crippen LogP contribution in [0.1, 0.15) is 18.4 Å². The van der Waals surface area contributed by atoms with Gasteiger partial charge in [-0.05, 0) is 13.8 Å². The van der Waals surface area contributed by atoms with E-state index >= 15 is 0 Å². The van der Waals surface area contributed by atoms with E-state index in [2.05, 4.69) is 4.98 Å². The molecular formula is C9H15N3O2S3. The zero-order valence-electron chi connectivity index (χ0n) is 9.87. The van der Waals surface area contributed by atoms with Crippen molar-refractivity contribution in [2.75, 3.05) is 7.05 Å². The third kappa shape index (κ3) is 3.44. The van der Waals surface area contributed by atoms with Gasteiger partial charge in [0.1, 0.15) is 0 Å². The number of rotatable bonds is 5. The van der Waals surface area contributed by atoms with Crippen molar-refractivity contribution in [2.24, 2.45) is 5.73 Å². The first kappa shape index (κ1) is 14.5. The number of thiocarbonyl (C=S) groups is 1. The fourth-order valence-corrected chi connectivity index (χ4v) is 4.16. The number of nitrogens with zero attached hydrogens (tertiary/aromatic N) is 2. The van der Waals surface area contributed by atoms with Gasteiger partial charge in [0.05, 0.1) is 16.2 Å². The highest BCUT2D eigenvalue weighted by Crippen LogP contribution is 2.23. The molecule has 5 nitrogen and oxygen atoms in total. The molecule has 1 aromatic rings. The fourth-order valence-electron chi connectivity index (χ4n) is 1.26. The zero-order valence-corrected chi connectivity index (χ0v) is 12.3. The monoisotopic (exact) mass is 293 g/mol. The first-order chi connectivity index (χ1) is 7.75. The molecule has 1 atom stereocenters. The summed E-state index contributed by atoms with van der Waals surface area (Å²) in [4.78, 5) is 4.25. The Balaban J connectivity index is 2.94. The second-order valence-corrected chi connectivity index (χ2v) is 7.72. The van der Waals surface area contributed by atoms with Crippen LogP contribution in [0.5, 0.6) is 0 Å². The molecule has 0 aliphatic carbocycles. The number of sulfonamides is 1. The maximum absolute atomic E-state index is 12.2. The maximum atomic E-state index is 12.2. The Kier molecular flexibility index (Phi) is 4.59. The molecule has 0 amide bonds. The number of hydrogen-bond acceptors (Lipinski definition) is 5. The normalized spacial score (nSPS) is 13.9. The summed E-state index contributed by atoms with van der Waals surface area (Å²) in [7, 11) is -1.97. The Morgan fingerprint density at radius 3 is 2.71 bits per heavy atom. The van der Waals surface area contributed by atoms with Gasteiger partial charge in [-0.25, -0.2) is 13.4 Å². The molecule has 1 rings (SSSR count). The maximum Gasteiger partial charge on any atom is 0.254 e. The molecule has 1 heterocycles. The van der Waals surface area contributed by atoms with Crippen molar-refractivity contribution in [3.05, 3.63) is 11.2 Å². The first-order valence-corrected chi connectivity index (χ1v) is 7.60. The highest BCUT2D eigenvalue weighted by Gasteiger charge is 2.27. The number of hydrogen-bond donors (Lipinski definition) is 1. The number of aryl methyl sites for hydroxylation is 1. The molecule has 2 N–H and O–H groups in total. The molecule has 8 heteroatoms. The van der Waals surface area contributed by atoms with Crippen LogP contribution in [-0.2, 0) is 10.0 Å². The number of nitrogens with two attached hydrogens (primary N) is 1. The van der Waals surface area contributed by atoms with Gasteiger partial charge in [-0.1, -0.05) is 12.2 Å². The summed E-state index contributed by atoms with van der Waals surface area (Å²) in [6, 6.07) is -0.264.